The number of carboxylic acids is 1. The van der Waals surface area contributed by atoms with Gasteiger partial charge in [-0.15, -0.1) is 0 Å². The van der Waals surface area contributed by atoms with Gasteiger partial charge < -0.3 is 9.67 Å². The van der Waals surface area contributed by atoms with E-state index >= 15 is 0 Å². The van der Waals surface area contributed by atoms with Gasteiger partial charge in [-0.2, -0.15) is 0 Å². The summed E-state index contributed by atoms with van der Waals surface area (Å²) in [7, 11) is 0. The van der Waals surface area contributed by atoms with Gasteiger partial charge in [0.15, 0.2) is 0 Å². The van der Waals surface area contributed by atoms with Crippen LogP contribution in [-0.2, 0) is 10.3 Å². The Morgan fingerprint density at radius 1 is 1.17 bits per heavy atom. The molecule has 0 radical (unpaired) electrons. The lowest BCUT2D eigenvalue weighted by molar-refractivity contribution is -0.138. The van der Waals surface area contributed by atoms with Crippen molar-refractivity contribution in [2.24, 2.45) is 0 Å². The number of imidazole rings is 1. The average Bonchev–Trinajstić information content (AvgIpc) is 3.11. The molecule has 5 heteroatoms. The molecule has 0 spiro atoms. The lowest BCUT2D eigenvalue weighted by Crippen LogP contribution is -2.35. The Morgan fingerprint density at radius 3 is 2.65 bits per heavy atom. The maximum absolute atomic E-state index is 11.7. The topological polar surface area (TPSA) is 55.1 Å². The summed E-state index contributed by atoms with van der Waals surface area (Å²) in [5.41, 5.74) is 2.14. The van der Waals surface area contributed by atoms with Crippen molar-refractivity contribution in [1.29, 1.82) is 0 Å². The van der Waals surface area contributed by atoms with Crippen LogP contribution < -0.4 is 0 Å². The van der Waals surface area contributed by atoms with Gasteiger partial charge in [-0.25, -0.2) is 4.98 Å². The normalized spacial score (nSPS) is 18.5. The molecule has 4 nitrogen and oxygen atoms in total. The van der Waals surface area contributed by atoms with Crippen molar-refractivity contribution < 1.29 is 9.90 Å². The smallest absolute Gasteiger partial charge is 0.306 e. The lowest BCUT2D eigenvalue weighted by atomic mass is 9.80. The Balaban J connectivity index is 2.07. The standard InChI is InChI=1S/C18H13BrN2O2/c19-13-7-5-12(6-8-13)18(11-16(22)23)15-4-2-1-3-14(15)17-20-9-10-21(17)18/h1-10H,11H2,(H,22,23). The second-order valence-electron chi connectivity index (χ2n) is 5.60. The summed E-state index contributed by atoms with van der Waals surface area (Å²) in [5.74, 6) is -0.0333. The van der Waals surface area contributed by atoms with Gasteiger partial charge in [0.25, 0.3) is 0 Å². The molecule has 1 aliphatic heterocycles. The molecule has 0 saturated carbocycles. The first-order valence-corrected chi connectivity index (χ1v) is 8.04. The third-order valence-electron chi connectivity index (χ3n) is 4.39. The van der Waals surface area contributed by atoms with Gasteiger partial charge in [-0.05, 0) is 23.3 Å². The number of aliphatic carboxylic acids is 1. The first-order valence-electron chi connectivity index (χ1n) is 7.24. The quantitative estimate of drug-likeness (QED) is 0.762. The zero-order valence-corrected chi connectivity index (χ0v) is 13.7. The number of rotatable bonds is 3. The zero-order valence-electron chi connectivity index (χ0n) is 12.1. The molecule has 1 aliphatic rings. The molecule has 23 heavy (non-hydrogen) atoms. The van der Waals surface area contributed by atoms with Crippen molar-refractivity contribution in [3.63, 3.8) is 0 Å². The number of benzene rings is 2. The van der Waals surface area contributed by atoms with Gasteiger partial charge >= 0.3 is 5.97 Å². The maximum Gasteiger partial charge on any atom is 0.306 e. The Labute approximate surface area is 141 Å². The molecular formula is C18H13BrN2O2. The number of hydrogen-bond donors (Lipinski definition) is 1. The Morgan fingerprint density at radius 2 is 1.91 bits per heavy atom. The molecule has 4 rings (SSSR count). The van der Waals surface area contributed by atoms with E-state index in [1.807, 2.05) is 59.3 Å². The lowest BCUT2D eigenvalue weighted by Gasteiger charge is -2.32. The number of hydrogen-bond acceptors (Lipinski definition) is 2. The second-order valence-corrected chi connectivity index (χ2v) is 6.52. The number of fused-ring (bicyclic) bond motifs is 3. The van der Waals surface area contributed by atoms with Gasteiger partial charge in [0.1, 0.15) is 11.4 Å². The Bertz CT molecular complexity index is 901. The molecule has 1 N–H and O–H groups in total. The molecule has 1 atom stereocenters. The Hall–Kier alpha value is -2.40. The van der Waals surface area contributed by atoms with Crippen LogP contribution in [0.3, 0.4) is 0 Å². The van der Waals surface area contributed by atoms with E-state index in [0.29, 0.717) is 0 Å². The fourth-order valence-corrected chi connectivity index (χ4v) is 3.77. The highest BCUT2D eigenvalue weighted by Crippen LogP contribution is 2.48. The minimum absolute atomic E-state index is 0.0327. The van der Waals surface area contributed by atoms with Gasteiger partial charge in [0.2, 0.25) is 0 Å². The highest BCUT2D eigenvalue weighted by atomic mass is 79.9. The first-order chi connectivity index (χ1) is 11.1. The van der Waals surface area contributed by atoms with Crippen LogP contribution >= 0.6 is 15.9 Å². The molecular weight excluding hydrogens is 356 g/mol. The first kappa shape index (κ1) is 14.2. The van der Waals surface area contributed by atoms with E-state index in [0.717, 1.165) is 27.0 Å². The van der Waals surface area contributed by atoms with Gasteiger partial charge in [-0.3, -0.25) is 4.79 Å². The zero-order chi connectivity index (χ0) is 16.0. The molecule has 0 bridgehead atoms. The van der Waals surface area contributed by atoms with E-state index in [1.165, 1.54) is 0 Å². The summed E-state index contributed by atoms with van der Waals surface area (Å²) in [6.45, 7) is 0. The third-order valence-corrected chi connectivity index (χ3v) is 4.92. The number of aromatic nitrogens is 2. The number of carboxylic acid groups (broad SMARTS) is 1. The summed E-state index contributed by atoms with van der Waals surface area (Å²) in [6.07, 6.45) is 3.55. The maximum atomic E-state index is 11.7. The SMILES string of the molecule is O=C(O)CC1(c2ccc(Br)cc2)c2ccccc2-c2nccn21. The summed E-state index contributed by atoms with van der Waals surface area (Å²) in [6, 6.07) is 15.7. The highest BCUT2D eigenvalue weighted by molar-refractivity contribution is 9.10. The van der Waals surface area contributed by atoms with Crippen LogP contribution in [0, 0.1) is 0 Å². The predicted octanol–water partition coefficient (Wildman–Crippen LogP) is 3.89. The largest absolute Gasteiger partial charge is 0.481 e. The van der Waals surface area contributed by atoms with Gasteiger partial charge in [0, 0.05) is 22.4 Å². The monoisotopic (exact) mass is 368 g/mol. The van der Waals surface area contributed by atoms with E-state index in [2.05, 4.69) is 20.9 Å². The molecule has 0 saturated heterocycles. The van der Waals surface area contributed by atoms with Crippen LogP contribution in [0.5, 0.6) is 0 Å². The van der Waals surface area contributed by atoms with E-state index in [1.54, 1.807) is 6.20 Å². The van der Waals surface area contributed by atoms with E-state index in [4.69, 9.17) is 0 Å². The number of nitrogens with zero attached hydrogens (tertiary/aromatic N) is 2. The molecule has 2 aromatic carbocycles. The molecule has 2 heterocycles. The number of halogens is 1. The summed E-state index contributed by atoms with van der Waals surface area (Å²) < 4.78 is 2.94. The molecule has 0 amide bonds. The van der Waals surface area contributed by atoms with Gasteiger partial charge in [-0.1, -0.05) is 52.3 Å². The van der Waals surface area contributed by atoms with Crippen molar-refractivity contribution in [2.75, 3.05) is 0 Å². The van der Waals surface area contributed by atoms with Gasteiger partial charge in [0.05, 0.1) is 6.42 Å². The van der Waals surface area contributed by atoms with Crippen LogP contribution in [0.4, 0.5) is 0 Å². The van der Waals surface area contributed by atoms with Crippen molar-refractivity contribution in [3.05, 3.63) is 76.5 Å². The predicted molar refractivity (Wildman–Crippen MR) is 90.2 cm³/mol. The molecule has 0 aliphatic carbocycles. The van der Waals surface area contributed by atoms with Crippen LogP contribution in [0.1, 0.15) is 17.5 Å². The van der Waals surface area contributed by atoms with Crippen molar-refractivity contribution >= 4 is 21.9 Å². The molecule has 0 fully saturated rings. The molecule has 1 aromatic heterocycles. The van der Waals surface area contributed by atoms with Crippen LogP contribution in [0.2, 0.25) is 0 Å². The summed E-state index contributed by atoms with van der Waals surface area (Å²) >= 11 is 3.44. The van der Waals surface area contributed by atoms with E-state index < -0.39 is 11.5 Å². The minimum atomic E-state index is -0.843. The highest BCUT2D eigenvalue weighted by Gasteiger charge is 2.46. The fraction of sp³-hybridized carbons (Fsp3) is 0.111. The van der Waals surface area contributed by atoms with Crippen molar-refractivity contribution in [3.8, 4) is 11.4 Å². The van der Waals surface area contributed by atoms with Crippen LogP contribution in [-0.4, -0.2) is 20.6 Å². The number of carbonyl (C=O) groups is 1. The molecule has 114 valence electrons. The fourth-order valence-electron chi connectivity index (χ4n) is 3.50. The molecule has 3 aromatic rings. The Kier molecular flexibility index (Phi) is 3.13. The van der Waals surface area contributed by atoms with Crippen LogP contribution in [0.25, 0.3) is 11.4 Å². The average molecular weight is 369 g/mol. The van der Waals surface area contributed by atoms with Crippen LogP contribution in [0.15, 0.2) is 65.4 Å². The molecule has 1 unspecified atom stereocenters. The van der Waals surface area contributed by atoms with Crippen molar-refractivity contribution in [2.45, 2.75) is 12.0 Å². The van der Waals surface area contributed by atoms with Crippen molar-refractivity contribution in [1.82, 2.24) is 9.55 Å². The summed E-state index contributed by atoms with van der Waals surface area (Å²) in [4.78, 5) is 16.1. The third kappa shape index (κ3) is 1.96. The minimum Gasteiger partial charge on any atom is -0.481 e. The van der Waals surface area contributed by atoms with E-state index in [9.17, 15) is 9.90 Å². The summed E-state index contributed by atoms with van der Waals surface area (Å²) in [5, 5.41) is 9.60. The second kappa shape index (κ2) is 5.06. The van der Waals surface area contributed by atoms with E-state index in [-0.39, 0.29) is 6.42 Å².